The lowest BCUT2D eigenvalue weighted by Crippen LogP contribution is -2.41. The molecule has 0 bridgehead atoms. The van der Waals surface area contributed by atoms with Gasteiger partial charge >= 0.3 is 0 Å². The van der Waals surface area contributed by atoms with Crippen LogP contribution >= 0.6 is 11.6 Å². The van der Waals surface area contributed by atoms with Crippen LogP contribution in [0.1, 0.15) is 18.4 Å². The fourth-order valence-corrected chi connectivity index (χ4v) is 3.36. The second-order valence-electron chi connectivity index (χ2n) is 5.55. The SMILES string of the molecule is NCc1c(N)cc(Cl)cc1N1CCC(C2NC=CO2)CC1. The van der Waals surface area contributed by atoms with Gasteiger partial charge < -0.3 is 26.4 Å². The van der Waals surface area contributed by atoms with Crippen molar-refractivity contribution in [3.05, 3.63) is 35.2 Å². The zero-order valence-corrected chi connectivity index (χ0v) is 12.6. The van der Waals surface area contributed by atoms with Gasteiger partial charge in [-0.05, 0) is 25.0 Å². The molecule has 2 aliphatic heterocycles. The molecular formula is C15H21ClN4O. The first-order valence-corrected chi connectivity index (χ1v) is 7.66. The van der Waals surface area contributed by atoms with E-state index in [9.17, 15) is 0 Å². The van der Waals surface area contributed by atoms with Crippen LogP contribution in [0.2, 0.25) is 5.02 Å². The molecule has 0 amide bonds. The molecule has 0 aliphatic carbocycles. The van der Waals surface area contributed by atoms with E-state index in [0.717, 1.165) is 37.2 Å². The summed E-state index contributed by atoms with van der Waals surface area (Å²) >= 11 is 6.14. The van der Waals surface area contributed by atoms with Gasteiger partial charge in [0.05, 0.1) is 0 Å². The van der Waals surface area contributed by atoms with Crippen molar-refractivity contribution in [2.75, 3.05) is 23.7 Å². The van der Waals surface area contributed by atoms with Crippen LogP contribution in [0.5, 0.6) is 0 Å². The minimum Gasteiger partial charge on any atom is -0.477 e. The molecule has 3 rings (SSSR count). The molecular weight excluding hydrogens is 288 g/mol. The van der Waals surface area contributed by atoms with Gasteiger partial charge in [-0.3, -0.25) is 0 Å². The number of hydrogen-bond acceptors (Lipinski definition) is 5. The predicted octanol–water partition coefficient (Wildman–Crippen LogP) is 2.01. The van der Waals surface area contributed by atoms with E-state index in [1.165, 1.54) is 0 Å². The van der Waals surface area contributed by atoms with Crippen molar-refractivity contribution in [3.63, 3.8) is 0 Å². The summed E-state index contributed by atoms with van der Waals surface area (Å²) in [7, 11) is 0. The molecule has 1 fully saturated rings. The molecule has 114 valence electrons. The summed E-state index contributed by atoms with van der Waals surface area (Å²) in [6.45, 7) is 2.34. The van der Waals surface area contributed by atoms with Gasteiger partial charge in [0, 0.05) is 53.7 Å². The Hall–Kier alpha value is -1.59. The second kappa shape index (κ2) is 6.03. The van der Waals surface area contributed by atoms with Crippen molar-refractivity contribution in [1.82, 2.24) is 5.32 Å². The average molecular weight is 309 g/mol. The van der Waals surface area contributed by atoms with Crippen molar-refractivity contribution in [2.45, 2.75) is 25.6 Å². The molecule has 1 unspecified atom stereocenters. The number of hydrogen-bond donors (Lipinski definition) is 3. The Bertz CT molecular complexity index is 533. The van der Waals surface area contributed by atoms with Gasteiger partial charge in [-0.2, -0.15) is 0 Å². The maximum Gasteiger partial charge on any atom is 0.171 e. The molecule has 2 heterocycles. The van der Waals surface area contributed by atoms with E-state index < -0.39 is 0 Å². The summed E-state index contributed by atoms with van der Waals surface area (Å²) in [5.41, 5.74) is 14.6. The third-order valence-corrected chi connectivity index (χ3v) is 4.51. The zero-order valence-electron chi connectivity index (χ0n) is 11.9. The predicted molar refractivity (Wildman–Crippen MR) is 85.8 cm³/mol. The van der Waals surface area contributed by atoms with Gasteiger partial charge in [-0.1, -0.05) is 11.6 Å². The Morgan fingerprint density at radius 3 is 2.71 bits per heavy atom. The third-order valence-electron chi connectivity index (χ3n) is 4.29. The van der Waals surface area contributed by atoms with Gasteiger partial charge in [-0.15, -0.1) is 0 Å². The maximum atomic E-state index is 6.14. The van der Waals surface area contributed by atoms with Crippen molar-refractivity contribution < 1.29 is 4.74 Å². The van der Waals surface area contributed by atoms with Crippen molar-refractivity contribution in [2.24, 2.45) is 11.7 Å². The van der Waals surface area contributed by atoms with Crippen LogP contribution in [0, 0.1) is 5.92 Å². The average Bonchev–Trinajstić information content (AvgIpc) is 3.01. The quantitative estimate of drug-likeness (QED) is 0.745. The summed E-state index contributed by atoms with van der Waals surface area (Å²) in [5.74, 6) is 0.522. The highest BCUT2D eigenvalue weighted by atomic mass is 35.5. The summed E-state index contributed by atoms with van der Waals surface area (Å²) in [6.07, 6.45) is 5.83. The van der Waals surface area contributed by atoms with E-state index in [1.807, 2.05) is 12.3 Å². The lowest BCUT2D eigenvalue weighted by atomic mass is 9.94. The largest absolute Gasteiger partial charge is 0.477 e. The van der Waals surface area contributed by atoms with E-state index in [4.69, 9.17) is 27.8 Å². The topological polar surface area (TPSA) is 76.5 Å². The second-order valence-corrected chi connectivity index (χ2v) is 5.98. The Labute approximate surface area is 129 Å². The van der Waals surface area contributed by atoms with Crippen molar-refractivity contribution >= 4 is 23.0 Å². The Morgan fingerprint density at radius 1 is 1.33 bits per heavy atom. The molecule has 2 aliphatic rings. The number of nitrogens with two attached hydrogens (primary N) is 2. The van der Waals surface area contributed by atoms with E-state index in [2.05, 4.69) is 10.2 Å². The normalized spacial score (nSPS) is 22.2. The van der Waals surface area contributed by atoms with Gasteiger partial charge in [0.15, 0.2) is 6.23 Å². The summed E-state index contributed by atoms with van der Waals surface area (Å²) < 4.78 is 5.55. The molecule has 1 aromatic rings. The number of piperidine rings is 1. The maximum absolute atomic E-state index is 6.14. The molecule has 1 atom stereocenters. The van der Waals surface area contributed by atoms with Gasteiger partial charge in [0.2, 0.25) is 0 Å². The molecule has 0 radical (unpaired) electrons. The number of nitrogen functional groups attached to an aromatic ring is 1. The fourth-order valence-electron chi connectivity index (χ4n) is 3.14. The molecule has 1 saturated heterocycles. The van der Waals surface area contributed by atoms with Crippen LogP contribution in [-0.4, -0.2) is 19.3 Å². The van der Waals surface area contributed by atoms with Crippen LogP contribution in [0.3, 0.4) is 0 Å². The lowest BCUT2D eigenvalue weighted by Gasteiger charge is -2.36. The van der Waals surface area contributed by atoms with Gasteiger partial charge in [0.25, 0.3) is 0 Å². The first-order valence-electron chi connectivity index (χ1n) is 7.28. The number of halogens is 1. The molecule has 0 aromatic heterocycles. The summed E-state index contributed by atoms with van der Waals surface area (Å²) in [5, 5.41) is 3.90. The van der Waals surface area contributed by atoms with E-state index in [0.29, 0.717) is 23.2 Å². The van der Waals surface area contributed by atoms with E-state index in [-0.39, 0.29) is 6.23 Å². The van der Waals surface area contributed by atoms with Gasteiger partial charge in [-0.25, -0.2) is 0 Å². The number of nitrogens with one attached hydrogen (secondary N) is 1. The highest BCUT2D eigenvalue weighted by Gasteiger charge is 2.29. The molecule has 1 aromatic carbocycles. The van der Waals surface area contributed by atoms with Crippen LogP contribution in [0.4, 0.5) is 11.4 Å². The number of rotatable bonds is 3. The smallest absolute Gasteiger partial charge is 0.171 e. The molecule has 5 nitrogen and oxygen atoms in total. The third kappa shape index (κ3) is 2.89. The number of anilines is 2. The Kier molecular flexibility index (Phi) is 4.12. The van der Waals surface area contributed by atoms with Gasteiger partial charge in [0.1, 0.15) is 6.26 Å². The lowest BCUT2D eigenvalue weighted by molar-refractivity contribution is 0.0776. The minimum atomic E-state index is 0.116. The molecule has 21 heavy (non-hydrogen) atoms. The van der Waals surface area contributed by atoms with Crippen LogP contribution in [0.15, 0.2) is 24.6 Å². The van der Waals surface area contributed by atoms with Crippen molar-refractivity contribution in [1.29, 1.82) is 0 Å². The molecule has 0 spiro atoms. The fraction of sp³-hybridized carbons (Fsp3) is 0.467. The zero-order chi connectivity index (χ0) is 14.8. The monoisotopic (exact) mass is 308 g/mol. The van der Waals surface area contributed by atoms with E-state index >= 15 is 0 Å². The van der Waals surface area contributed by atoms with E-state index in [1.54, 1.807) is 12.3 Å². The number of nitrogens with zero attached hydrogens (tertiary/aromatic N) is 1. The first kappa shape index (κ1) is 14.4. The standard InChI is InChI=1S/C15H21ClN4O/c16-11-7-13(18)12(9-17)14(8-11)20-4-1-10(2-5-20)15-19-3-6-21-15/h3,6-8,10,15,19H,1-2,4-5,9,17-18H2. The van der Waals surface area contributed by atoms with Crippen LogP contribution in [-0.2, 0) is 11.3 Å². The highest BCUT2D eigenvalue weighted by Crippen LogP contribution is 2.33. The number of benzene rings is 1. The van der Waals surface area contributed by atoms with Crippen molar-refractivity contribution in [3.8, 4) is 0 Å². The number of ether oxygens (including phenoxy) is 1. The van der Waals surface area contributed by atoms with Crippen LogP contribution in [0.25, 0.3) is 0 Å². The van der Waals surface area contributed by atoms with Crippen LogP contribution < -0.4 is 21.7 Å². The summed E-state index contributed by atoms with van der Waals surface area (Å²) in [4.78, 5) is 2.32. The minimum absolute atomic E-state index is 0.116. The Balaban J connectivity index is 1.72. The molecule has 0 saturated carbocycles. The summed E-state index contributed by atoms with van der Waals surface area (Å²) in [6, 6.07) is 3.73. The first-order chi connectivity index (χ1) is 10.2. The molecule has 6 heteroatoms. The Morgan fingerprint density at radius 2 is 2.10 bits per heavy atom. The highest BCUT2D eigenvalue weighted by molar-refractivity contribution is 6.31. The molecule has 5 N–H and O–H groups in total.